The van der Waals surface area contributed by atoms with Gasteiger partial charge in [0.15, 0.2) is 7.74 Å². The summed E-state index contributed by atoms with van der Waals surface area (Å²) in [5, 5.41) is 10.1. The van der Waals surface area contributed by atoms with E-state index in [0.29, 0.717) is 5.56 Å². The molecule has 1 aromatic carbocycles. The highest BCUT2D eigenvalue weighted by atomic mass is 80.0. The first-order chi connectivity index (χ1) is 6.42. The molecule has 75 valence electrons. The van der Waals surface area contributed by atoms with Crippen molar-refractivity contribution in [2.45, 2.75) is 7.74 Å². The maximum atomic E-state index is 10.8. The molecule has 1 radical (unpaired) electrons. The van der Waals surface area contributed by atoms with Crippen LogP contribution in [0.3, 0.4) is 0 Å². The minimum absolute atomic E-state index is 0.445. The second-order valence-corrected chi connectivity index (χ2v) is 9.44. The second-order valence-electron chi connectivity index (χ2n) is 2.68. The number of carbonyl (C=O) groups excluding carboxylic acids is 1. The number of hydrogen-bond acceptors (Lipinski definition) is 2. The summed E-state index contributed by atoms with van der Waals surface area (Å²) < 4.78 is -1.12. The topological polar surface area (TPSA) is 37.3 Å². The van der Waals surface area contributed by atoms with Gasteiger partial charge in [-0.25, -0.2) is 0 Å². The molecule has 0 aromatic heterocycles. The summed E-state index contributed by atoms with van der Waals surface area (Å²) in [6, 6.07) is 8.55. The molecule has 0 saturated carbocycles. The molecule has 1 rings (SSSR count). The number of benzene rings is 1. The maximum absolute atomic E-state index is 10.8. The van der Waals surface area contributed by atoms with Gasteiger partial charge in [0.25, 0.3) is 0 Å². The number of halogens is 3. The Bertz CT molecular complexity index is 321. The van der Waals surface area contributed by atoms with Crippen LogP contribution < -0.4 is 0 Å². The highest BCUT2D eigenvalue weighted by Gasteiger charge is 2.48. The third kappa shape index (κ3) is 2.27. The van der Waals surface area contributed by atoms with Crippen molar-refractivity contribution in [3.05, 3.63) is 35.9 Å². The number of aliphatic hydroxyl groups is 1. The van der Waals surface area contributed by atoms with Crippen molar-refractivity contribution >= 4 is 54.1 Å². The van der Waals surface area contributed by atoms with Gasteiger partial charge < -0.3 is 5.11 Å². The molecule has 14 heavy (non-hydrogen) atoms. The Hall–Kier alpha value is 0.290. The predicted molar refractivity (Wildman–Crippen MR) is 65.5 cm³/mol. The average Bonchev–Trinajstić information content (AvgIpc) is 2.16. The monoisotopic (exact) mass is 383 g/mol. The highest BCUT2D eigenvalue weighted by Crippen LogP contribution is 2.48. The molecule has 0 fully saturated rings. The van der Waals surface area contributed by atoms with Gasteiger partial charge in [-0.3, -0.25) is 4.79 Å². The lowest BCUT2D eigenvalue weighted by Crippen LogP contribution is -2.40. The molecule has 5 heteroatoms. The van der Waals surface area contributed by atoms with E-state index >= 15 is 0 Å². The molecule has 0 spiro atoms. The lowest BCUT2D eigenvalue weighted by atomic mass is 9.98. The third-order valence-corrected chi connectivity index (χ3v) is 3.47. The van der Waals surface area contributed by atoms with E-state index in [1.165, 1.54) is 0 Å². The number of alkyl halides is 3. The van der Waals surface area contributed by atoms with Crippen molar-refractivity contribution in [1.82, 2.24) is 0 Å². The van der Waals surface area contributed by atoms with Gasteiger partial charge in [0.05, 0.1) is 0 Å². The quantitative estimate of drug-likeness (QED) is 0.795. The number of hydrogen-bond donors (Lipinski definition) is 1. The van der Waals surface area contributed by atoms with Gasteiger partial charge in [0, 0.05) is 0 Å². The summed E-state index contributed by atoms with van der Waals surface area (Å²) in [6.07, 6.45) is 1.60. The molecule has 0 bridgehead atoms. The molecule has 2 nitrogen and oxygen atoms in total. The van der Waals surface area contributed by atoms with E-state index in [1.54, 1.807) is 36.6 Å². The van der Waals surface area contributed by atoms with Gasteiger partial charge in [-0.15, -0.1) is 0 Å². The first-order valence-corrected chi connectivity index (χ1v) is 6.03. The molecule has 1 aromatic rings. The molecular formula is C9H6Br3O2. The second kappa shape index (κ2) is 4.43. The van der Waals surface area contributed by atoms with E-state index in [1.807, 2.05) is 0 Å². The van der Waals surface area contributed by atoms with Crippen LogP contribution in [0.2, 0.25) is 0 Å². The molecule has 1 N–H and O–H groups in total. The van der Waals surface area contributed by atoms with Gasteiger partial charge in [-0.1, -0.05) is 78.1 Å². The van der Waals surface area contributed by atoms with Gasteiger partial charge in [0.2, 0.25) is 6.29 Å². The van der Waals surface area contributed by atoms with E-state index in [2.05, 4.69) is 47.8 Å². The SMILES string of the molecule is O=[C]C(O)(c1ccccc1)C(Br)(Br)Br. The maximum Gasteiger partial charge on any atom is 0.241 e. The minimum Gasteiger partial charge on any atom is -0.374 e. The summed E-state index contributed by atoms with van der Waals surface area (Å²) in [4.78, 5) is 10.8. The number of rotatable bonds is 2. The molecule has 0 amide bonds. The van der Waals surface area contributed by atoms with Crippen LogP contribution in [0.1, 0.15) is 5.56 Å². The van der Waals surface area contributed by atoms with Crippen LogP contribution in [0.5, 0.6) is 0 Å². The molecule has 0 aliphatic carbocycles. The summed E-state index contributed by atoms with van der Waals surface area (Å²) in [5.41, 5.74) is -1.34. The van der Waals surface area contributed by atoms with Crippen molar-refractivity contribution in [2.75, 3.05) is 0 Å². The fourth-order valence-corrected chi connectivity index (χ4v) is 1.89. The van der Waals surface area contributed by atoms with Gasteiger partial charge in [-0.2, -0.15) is 0 Å². The van der Waals surface area contributed by atoms with Crippen LogP contribution in [-0.2, 0) is 10.4 Å². The first kappa shape index (κ1) is 12.4. The molecule has 0 aliphatic heterocycles. The molecule has 0 saturated heterocycles. The molecule has 1 unspecified atom stereocenters. The Balaban J connectivity index is 3.22. The summed E-state index contributed by atoms with van der Waals surface area (Å²) in [5.74, 6) is 0. The highest BCUT2D eigenvalue weighted by molar-refractivity contribution is 9.39. The fraction of sp³-hybridized carbons (Fsp3) is 0.222. The van der Waals surface area contributed by atoms with E-state index in [-0.39, 0.29) is 0 Å². The lowest BCUT2D eigenvalue weighted by Gasteiger charge is -2.29. The van der Waals surface area contributed by atoms with Crippen LogP contribution in [0, 0.1) is 0 Å². The van der Waals surface area contributed by atoms with Gasteiger partial charge in [-0.05, 0) is 5.56 Å². The van der Waals surface area contributed by atoms with Crippen LogP contribution >= 0.6 is 47.8 Å². The van der Waals surface area contributed by atoms with Crippen molar-refractivity contribution in [1.29, 1.82) is 0 Å². The van der Waals surface area contributed by atoms with E-state index in [4.69, 9.17) is 0 Å². The smallest absolute Gasteiger partial charge is 0.241 e. The van der Waals surface area contributed by atoms with Crippen molar-refractivity contribution in [3.63, 3.8) is 0 Å². The average molecular weight is 386 g/mol. The minimum atomic E-state index is -1.78. The van der Waals surface area contributed by atoms with Crippen LogP contribution in [-0.4, -0.2) is 13.5 Å². The Labute approximate surface area is 107 Å². The van der Waals surface area contributed by atoms with Crippen molar-refractivity contribution < 1.29 is 9.90 Å². The molecule has 0 heterocycles. The Kier molecular flexibility index (Phi) is 3.91. The zero-order chi connectivity index (χ0) is 10.8. The van der Waals surface area contributed by atoms with E-state index in [9.17, 15) is 9.90 Å². The van der Waals surface area contributed by atoms with E-state index in [0.717, 1.165) is 0 Å². The lowest BCUT2D eigenvalue weighted by molar-refractivity contribution is 0.122. The molecule has 1 atom stereocenters. The van der Waals surface area contributed by atoms with Gasteiger partial charge in [0.1, 0.15) is 0 Å². The van der Waals surface area contributed by atoms with Crippen LogP contribution in [0.15, 0.2) is 30.3 Å². The Morgan fingerprint density at radius 1 is 1.14 bits per heavy atom. The standard InChI is InChI=1S/C9H6Br3O2/c10-9(11,12)8(14,6-13)7-4-2-1-3-5-7/h1-5,14H. The molecular weight excluding hydrogens is 380 g/mol. The van der Waals surface area contributed by atoms with E-state index < -0.39 is 7.74 Å². The Morgan fingerprint density at radius 3 is 2.00 bits per heavy atom. The zero-order valence-corrected chi connectivity index (χ0v) is 11.6. The van der Waals surface area contributed by atoms with Crippen LogP contribution in [0.4, 0.5) is 0 Å². The van der Waals surface area contributed by atoms with Crippen LogP contribution in [0.25, 0.3) is 0 Å². The summed E-state index contributed by atoms with van der Waals surface area (Å²) in [6.45, 7) is 0. The summed E-state index contributed by atoms with van der Waals surface area (Å²) >= 11 is 9.36. The fourth-order valence-electron chi connectivity index (χ4n) is 0.960. The predicted octanol–water partition coefficient (Wildman–Crippen LogP) is 2.82. The largest absolute Gasteiger partial charge is 0.374 e. The Morgan fingerprint density at radius 2 is 1.64 bits per heavy atom. The zero-order valence-electron chi connectivity index (χ0n) is 6.88. The molecule has 0 aliphatic rings. The first-order valence-electron chi connectivity index (χ1n) is 3.66. The summed E-state index contributed by atoms with van der Waals surface area (Å²) in [7, 11) is 0. The van der Waals surface area contributed by atoms with Crippen molar-refractivity contribution in [3.8, 4) is 0 Å². The normalized spacial score (nSPS) is 16.0. The van der Waals surface area contributed by atoms with Crippen molar-refractivity contribution in [2.24, 2.45) is 0 Å². The van der Waals surface area contributed by atoms with Gasteiger partial charge >= 0.3 is 0 Å². The third-order valence-electron chi connectivity index (χ3n) is 1.75.